The van der Waals surface area contributed by atoms with Gasteiger partial charge in [0.1, 0.15) is 5.00 Å². The van der Waals surface area contributed by atoms with Gasteiger partial charge >= 0.3 is 0 Å². The van der Waals surface area contributed by atoms with Crippen molar-refractivity contribution < 1.29 is 4.79 Å². The monoisotopic (exact) mass is 274 g/mol. The van der Waals surface area contributed by atoms with E-state index in [-0.39, 0.29) is 5.78 Å². The molecule has 3 nitrogen and oxygen atoms in total. The van der Waals surface area contributed by atoms with Crippen LogP contribution in [-0.4, -0.2) is 16.7 Å². The van der Waals surface area contributed by atoms with Gasteiger partial charge in [0.25, 0.3) is 0 Å². The van der Waals surface area contributed by atoms with Crippen molar-refractivity contribution in [2.45, 2.75) is 26.7 Å². The molecule has 0 aliphatic carbocycles. The van der Waals surface area contributed by atoms with Crippen LogP contribution in [0.5, 0.6) is 0 Å². The third kappa shape index (κ3) is 3.64. The van der Waals surface area contributed by atoms with E-state index in [1.165, 1.54) is 17.1 Å². The number of nitrogens with one attached hydrogen (secondary N) is 1. The Kier molecular flexibility index (Phi) is 4.68. The van der Waals surface area contributed by atoms with Crippen molar-refractivity contribution >= 4 is 22.3 Å². The number of carbonyl (C=O) groups is 1. The molecular formula is C15H18N2OS. The summed E-state index contributed by atoms with van der Waals surface area (Å²) < 4.78 is 4.23. The van der Waals surface area contributed by atoms with Crippen LogP contribution in [0.3, 0.4) is 0 Å². The molecule has 2 aromatic rings. The van der Waals surface area contributed by atoms with Crippen LogP contribution in [0.1, 0.15) is 35.0 Å². The molecule has 0 saturated carbocycles. The maximum absolute atomic E-state index is 11.5. The number of ketones is 1. The number of nitrogens with zero attached hydrogens (tertiary/aromatic N) is 1. The number of hydrogen-bond acceptors (Lipinski definition) is 4. The highest BCUT2D eigenvalue weighted by Gasteiger charge is 2.13. The van der Waals surface area contributed by atoms with E-state index in [0.29, 0.717) is 0 Å². The first kappa shape index (κ1) is 13.7. The Bertz CT molecular complexity index is 549. The Balaban J connectivity index is 1.85. The van der Waals surface area contributed by atoms with Crippen LogP contribution in [0.15, 0.2) is 30.3 Å². The minimum absolute atomic E-state index is 0.0804. The average molecular weight is 274 g/mol. The standard InChI is InChI=1S/C15H18N2OS/c1-11-14(12(2)18)15(19-17-11)16-10-6-9-13-7-4-3-5-8-13/h3-5,7-8,16H,6,9-10H2,1-2H3. The fourth-order valence-corrected chi connectivity index (χ4v) is 2.91. The van der Waals surface area contributed by atoms with Gasteiger partial charge in [0.05, 0.1) is 11.3 Å². The van der Waals surface area contributed by atoms with E-state index in [1.54, 1.807) is 6.92 Å². The normalized spacial score (nSPS) is 10.4. The van der Waals surface area contributed by atoms with Crippen molar-refractivity contribution in [2.24, 2.45) is 0 Å². The van der Waals surface area contributed by atoms with Gasteiger partial charge in [-0.1, -0.05) is 30.3 Å². The van der Waals surface area contributed by atoms with Crippen molar-refractivity contribution in [2.75, 3.05) is 11.9 Å². The van der Waals surface area contributed by atoms with E-state index in [4.69, 9.17) is 0 Å². The van der Waals surface area contributed by atoms with Crippen LogP contribution in [0.2, 0.25) is 0 Å². The first-order valence-corrected chi connectivity index (χ1v) is 7.21. The molecule has 1 aromatic carbocycles. The van der Waals surface area contributed by atoms with Crippen LogP contribution in [0, 0.1) is 6.92 Å². The van der Waals surface area contributed by atoms with Crippen LogP contribution < -0.4 is 5.32 Å². The molecule has 0 bridgehead atoms. The fraction of sp³-hybridized carbons (Fsp3) is 0.333. The number of carbonyl (C=O) groups excluding carboxylic acids is 1. The quantitative estimate of drug-likeness (QED) is 0.645. The molecule has 1 N–H and O–H groups in total. The van der Waals surface area contributed by atoms with Gasteiger partial charge < -0.3 is 5.32 Å². The molecule has 0 atom stereocenters. The summed E-state index contributed by atoms with van der Waals surface area (Å²) in [5, 5.41) is 4.22. The molecular weight excluding hydrogens is 256 g/mol. The lowest BCUT2D eigenvalue weighted by Crippen LogP contribution is -2.05. The summed E-state index contributed by atoms with van der Waals surface area (Å²) in [5.41, 5.74) is 2.91. The lowest BCUT2D eigenvalue weighted by Gasteiger charge is -2.05. The van der Waals surface area contributed by atoms with Gasteiger partial charge in [-0.25, -0.2) is 0 Å². The third-order valence-corrected chi connectivity index (χ3v) is 3.88. The molecule has 0 unspecified atom stereocenters. The topological polar surface area (TPSA) is 42.0 Å². The molecule has 0 amide bonds. The highest BCUT2D eigenvalue weighted by molar-refractivity contribution is 7.10. The second-order valence-electron chi connectivity index (χ2n) is 4.54. The Morgan fingerprint density at radius 3 is 2.74 bits per heavy atom. The molecule has 2 rings (SSSR count). The maximum atomic E-state index is 11.5. The number of Topliss-reactive ketones (excluding diaryl/α,β-unsaturated/α-hetero) is 1. The first-order chi connectivity index (χ1) is 9.18. The lowest BCUT2D eigenvalue weighted by molar-refractivity contribution is 0.101. The molecule has 0 radical (unpaired) electrons. The molecule has 1 aromatic heterocycles. The van der Waals surface area contributed by atoms with E-state index in [1.807, 2.05) is 13.0 Å². The van der Waals surface area contributed by atoms with E-state index >= 15 is 0 Å². The van der Waals surface area contributed by atoms with Gasteiger partial charge in [0, 0.05) is 6.54 Å². The number of hydrogen-bond donors (Lipinski definition) is 1. The summed E-state index contributed by atoms with van der Waals surface area (Å²) >= 11 is 1.37. The molecule has 19 heavy (non-hydrogen) atoms. The Hall–Kier alpha value is -1.68. The van der Waals surface area contributed by atoms with Crippen LogP contribution >= 0.6 is 11.5 Å². The number of anilines is 1. The maximum Gasteiger partial charge on any atom is 0.164 e. The number of benzene rings is 1. The summed E-state index contributed by atoms with van der Waals surface area (Å²) in [7, 11) is 0. The van der Waals surface area contributed by atoms with Gasteiger partial charge in [-0.3, -0.25) is 4.79 Å². The summed E-state index contributed by atoms with van der Waals surface area (Å²) in [5.74, 6) is 0.0804. The third-order valence-electron chi connectivity index (χ3n) is 2.99. The predicted molar refractivity (Wildman–Crippen MR) is 80.1 cm³/mol. The molecule has 100 valence electrons. The summed E-state index contributed by atoms with van der Waals surface area (Å²) in [6, 6.07) is 10.4. The van der Waals surface area contributed by atoms with Gasteiger partial charge in [-0.05, 0) is 43.8 Å². The minimum atomic E-state index is 0.0804. The zero-order valence-electron chi connectivity index (χ0n) is 11.3. The van der Waals surface area contributed by atoms with Gasteiger partial charge in [-0.2, -0.15) is 4.37 Å². The molecule has 1 heterocycles. The molecule has 0 aliphatic heterocycles. The zero-order valence-corrected chi connectivity index (χ0v) is 12.1. The number of aromatic nitrogens is 1. The summed E-state index contributed by atoms with van der Waals surface area (Å²) in [4.78, 5) is 11.5. The Morgan fingerprint density at radius 1 is 1.32 bits per heavy atom. The summed E-state index contributed by atoms with van der Waals surface area (Å²) in [6.07, 6.45) is 2.08. The van der Waals surface area contributed by atoms with Gasteiger partial charge in [-0.15, -0.1) is 0 Å². The summed E-state index contributed by atoms with van der Waals surface area (Å²) in [6.45, 7) is 4.32. The van der Waals surface area contributed by atoms with E-state index in [0.717, 1.165) is 35.6 Å². The van der Waals surface area contributed by atoms with Crippen molar-refractivity contribution in [3.8, 4) is 0 Å². The molecule has 0 saturated heterocycles. The van der Waals surface area contributed by atoms with Crippen LogP contribution in [0.4, 0.5) is 5.00 Å². The highest BCUT2D eigenvalue weighted by atomic mass is 32.1. The predicted octanol–water partition coefficient (Wildman–Crippen LogP) is 3.70. The van der Waals surface area contributed by atoms with Crippen molar-refractivity contribution in [3.05, 3.63) is 47.2 Å². The number of rotatable bonds is 6. The van der Waals surface area contributed by atoms with Crippen molar-refractivity contribution in [3.63, 3.8) is 0 Å². The molecule has 0 fully saturated rings. The number of aryl methyl sites for hydroxylation is 2. The van der Waals surface area contributed by atoms with E-state index < -0.39 is 0 Å². The van der Waals surface area contributed by atoms with Gasteiger partial charge in [0.15, 0.2) is 5.78 Å². The van der Waals surface area contributed by atoms with E-state index in [9.17, 15) is 4.79 Å². The molecule has 4 heteroatoms. The second kappa shape index (κ2) is 6.48. The smallest absolute Gasteiger partial charge is 0.164 e. The van der Waals surface area contributed by atoms with E-state index in [2.05, 4.69) is 34.0 Å². The zero-order chi connectivity index (χ0) is 13.7. The van der Waals surface area contributed by atoms with Gasteiger partial charge in [0.2, 0.25) is 0 Å². The van der Waals surface area contributed by atoms with Crippen molar-refractivity contribution in [1.82, 2.24) is 4.37 Å². The van der Waals surface area contributed by atoms with Crippen LogP contribution in [0.25, 0.3) is 0 Å². The molecule has 0 spiro atoms. The SMILES string of the molecule is CC(=O)c1c(C)nsc1NCCCc1ccccc1. The average Bonchev–Trinajstić information content (AvgIpc) is 2.77. The highest BCUT2D eigenvalue weighted by Crippen LogP contribution is 2.24. The Labute approximate surface area is 117 Å². The minimum Gasteiger partial charge on any atom is -0.375 e. The first-order valence-electron chi connectivity index (χ1n) is 6.43. The second-order valence-corrected chi connectivity index (χ2v) is 5.32. The molecule has 0 aliphatic rings. The largest absolute Gasteiger partial charge is 0.375 e. The lowest BCUT2D eigenvalue weighted by atomic mass is 10.1. The van der Waals surface area contributed by atoms with Crippen LogP contribution in [-0.2, 0) is 6.42 Å². The fourth-order valence-electron chi connectivity index (χ4n) is 2.04. The Morgan fingerprint density at radius 2 is 2.05 bits per heavy atom. The van der Waals surface area contributed by atoms with Crippen molar-refractivity contribution in [1.29, 1.82) is 0 Å².